The van der Waals surface area contributed by atoms with Crippen LogP contribution in [0, 0.1) is 5.92 Å². The average molecular weight is 312 g/mol. The molecule has 6 nitrogen and oxygen atoms in total. The molecular formula is C14H24N4O2S. The highest BCUT2D eigenvalue weighted by Crippen LogP contribution is 2.28. The van der Waals surface area contributed by atoms with E-state index in [1.54, 1.807) is 15.2 Å². The first-order valence-corrected chi connectivity index (χ1v) is 9.18. The Hall–Kier alpha value is -0.920. The maximum absolute atomic E-state index is 12.7. The number of hydrogen-bond donors (Lipinski definition) is 1. The molecule has 1 N–H and O–H groups in total. The Bertz CT molecular complexity index is 594. The van der Waals surface area contributed by atoms with Gasteiger partial charge in [-0.1, -0.05) is 6.92 Å². The number of aromatic nitrogens is 2. The van der Waals surface area contributed by atoms with Crippen LogP contribution in [0.2, 0.25) is 0 Å². The molecule has 1 aliphatic heterocycles. The fraction of sp³-hybridized carbons (Fsp3) is 0.786. The summed E-state index contributed by atoms with van der Waals surface area (Å²) in [5, 5.41) is 7.59. The number of sulfonamides is 1. The third-order valence-corrected chi connectivity index (χ3v) is 6.23. The highest BCUT2D eigenvalue weighted by molar-refractivity contribution is 7.89. The van der Waals surface area contributed by atoms with Crippen LogP contribution in [0.4, 0.5) is 0 Å². The zero-order valence-corrected chi connectivity index (χ0v) is 13.5. The molecule has 1 aromatic heterocycles. The van der Waals surface area contributed by atoms with E-state index in [9.17, 15) is 8.42 Å². The Labute approximate surface area is 126 Å². The second-order valence-electron chi connectivity index (χ2n) is 6.43. The quantitative estimate of drug-likeness (QED) is 0.853. The van der Waals surface area contributed by atoms with Gasteiger partial charge in [0.2, 0.25) is 10.0 Å². The van der Waals surface area contributed by atoms with E-state index in [2.05, 4.69) is 17.3 Å². The van der Waals surface area contributed by atoms with Crippen molar-refractivity contribution >= 4 is 10.0 Å². The van der Waals surface area contributed by atoms with Gasteiger partial charge in [0.05, 0.1) is 12.7 Å². The molecule has 2 fully saturated rings. The van der Waals surface area contributed by atoms with Gasteiger partial charge in [-0.05, 0) is 32.1 Å². The van der Waals surface area contributed by atoms with Crippen LogP contribution in [0.15, 0.2) is 17.3 Å². The second-order valence-corrected chi connectivity index (χ2v) is 8.32. The fourth-order valence-electron chi connectivity index (χ4n) is 3.00. The summed E-state index contributed by atoms with van der Waals surface area (Å²) in [4.78, 5) is 0.315. The largest absolute Gasteiger partial charge is 0.312 e. The van der Waals surface area contributed by atoms with Crippen LogP contribution >= 0.6 is 0 Å². The minimum absolute atomic E-state index is 0.0740. The predicted molar refractivity (Wildman–Crippen MR) is 80.4 cm³/mol. The Morgan fingerprint density at radius 1 is 1.38 bits per heavy atom. The van der Waals surface area contributed by atoms with Gasteiger partial charge in [0, 0.05) is 31.4 Å². The van der Waals surface area contributed by atoms with Crippen LogP contribution in [0.5, 0.6) is 0 Å². The minimum atomic E-state index is -3.40. The number of rotatable bonds is 6. The Morgan fingerprint density at radius 3 is 2.76 bits per heavy atom. The molecule has 0 radical (unpaired) electrons. The van der Waals surface area contributed by atoms with Gasteiger partial charge < -0.3 is 5.32 Å². The third kappa shape index (κ3) is 3.30. The van der Waals surface area contributed by atoms with Crippen molar-refractivity contribution in [3.8, 4) is 0 Å². The number of hydrogen-bond acceptors (Lipinski definition) is 4. The SMILES string of the molecule is CC1CC(C)N(S(=O)(=O)c2cnn(CCNC3CC3)c2)C1. The topological polar surface area (TPSA) is 67.2 Å². The lowest BCUT2D eigenvalue weighted by Gasteiger charge is -2.19. The zero-order valence-electron chi connectivity index (χ0n) is 12.7. The summed E-state index contributed by atoms with van der Waals surface area (Å²) in [7, 11) is -3.40. The lowest BCUT2D eigenvalue weighted by molar-refractivity contribution is 0.405. The minimum Gasteiger partial charge on any atom is -0.312 e. The van der Waals surface area contributed by atoms with Gasteiger partial charge in [0.25, 0.3) is 0 Å². The lowest BCUT2D eigenvalue weighted by atomic mass is 10.1. The molecule has 1 aromatic rings. The Morgan fingerprint density at radius 2 is 2.14 bits per heavy atom. The van der Waals surface area contributed by atoms with Crippen molar-refractivity contribution in [1.29, 1.82) is 0 Å². The third-order valence-electron chi connectivity index (χ3n) is 4.29. The second kappa shape index (κ2) is 5.70. The Kier molecular flexibility index (Phi) is 4.07. The van der Waals surface area contributed by atoms with Gasteiger partial charge in [-0.25, -0.2) is 8.42 Å². The molecule has 2 atom stereocenters. The predicted octanol–water partition coefficient (Wildman–Crippen LogP) is 1.05. The van der Waals surface area contributed by atoms with E-state index in [0.717, 1.165) is 13.0 Å². The summed E-state index contributed by atoms with van der Waals surface area (Å²) in [5.74, 6) is 0.424. The summed E-state index contributed by atoms with van der Waals surface area (Å²) < 4.78 is 28.6. The summed E-state index contributed by atoms with van der Waals surface area (Å²) >= 11 is 0. The molecule has 118 valence electrons. The molecule has 0 amide bonds. The molecule has 2 unspecified atom stereocenters. The first-order chi connectivity index (χ1) is 9.96. The van der Waals surface area contributed by atoms with Gasteiger partial charge in [0.15, 0.2) is 0 Å². The molecule has 0 spiro atoms. The molecular weight excluding hydrogens is 288 g/mol. The van der Waals surface area contributed by atoms with E-state index in [1.807, 2.05) is 6.92 Å². The summed E-state index contributed by atoms with van der Waals surface area (Å²) in [6.45, 7) is 6.23. The van der Waals surface area contributed by atoms with Crippen molar-refractivity contribution in [3.63, 3.8) is 0 Å². The van der Waals surface area contributed by atoms with E-state index < -0.39 is 10.0 Å². The fourth-order valence-corrected chi connectivity index (χ4v) is 4.72. The van der Waals surface area contributed by atoms with Crippen LogP contribution in [0.1, 0.15) is 33.1 Å². The van der Waals surface area contributed by atoms with Crippen LogP contribution in [-0.4, -0.2) is 47.7 Å². The molecule has 0 bridgehead atoms. The standard InChI is InChI=1S/C14H24N4O2S/c1-11-7-12(2)18(9-11)21(19,20)14-8-16-17(10-14)6-5-15-13-3-4-13/h8,10-13,15H,3-7,9H2,1-2H3. The Balaban J connectivity index is 1.66. The van der Waals surface area contributed by atoms with Gasteiger partial charge in [-0.3, -0.25) is 4.68 Å². The van der Waals surface area contributed by atoms with E-state index in [4.69, 9.17) is 0 Å². The van der Waals surface area contributed by atoms with Crippen molar-refractivity contribution in [2.45, 2.75) is 56.6 Å². The van der Waals surface area contributed by atoms with Crippen molar-refractivity contribution in [3.05, 3.63) is 12.4 Å². The number of nitrogens with one attached hydrogen (secondary N) is 1. The van der Waals surface area contributed by atoms with Gasteiger partial charge in [-0.15, -0.1) is 0 Å². The maximum Gasteiger partial charge on any atom is 0.246 e. The van der Waals surface area contributed by atoms with Gasteiger partial charge in [-0.2, -0.15) is 9.40 Å². The normalized spacial score (nSPS) is 27.3. The summed E-state index contributed by atoms with van der Waals surface area (Å²) in [5.41, 5.74) is 0. The monoisotopic (exact) mass is 312 g/mol. The van der Waals surface area contributed by atoms with Gasteiger partial charge in [0.1, 0.15) is 4.90 Å². The molecule has 2 aliphatic rings. The molecule has 2 heterocycles. The van der Waals surface area contributed by atoms with Crippen molar-refractivity contribution in [2.24, 2.45) is 5.92 Å². The first-order valence-electron chi connectivity index (χ1n) is 7.74. The maximum atomic E-state index is 12.7. The van der Waals surface area contributed by atoms with E-state index in [1.165, 1.54) is 19.0 Å². The van der Waals surface area contributed by atoms with Gasteiger partial charge >= 0.3 is 0 Å². The molecule has 1 aliphatic carbocycles. The molecule has 7 heteroatoms. The van der Waals surface area contributed by atoms with Crippen molar-refractivity contribution < 1.29 is 8.42 Å². The summed E-state index contributed by atoms with van der Waals surface area (Å²) in [6, 6.07) is 0.737. The molecule has 0 aromatic carbocycles. The number of nitrogens with zero attached hydrogens (tertiary/aromatic N) is 3. The smallest absolute Gasteiger partial charge is 0.246 e. The van der Waals surface area contributed by atoms with Crippen molar-refractivity contribution in [1.82, 2.24) is 19.4 Å². The highest BCUT2D eigenvalue weighted by Gasteiger charge is 2.36. The van der Waals surface area contributed by atoms with Crippen LogP contribution < -0.4 is 5.32 Å². The van der Waals surface area contributed by atoms with E-state index >= 15 is 0 Å². The highest BCUT2D eigenvalue weighted by atomic mass is 32.2. The van der Waals surface area contributed by atoms with Crippen LogP contribution in [0.3, 0.4) is 0 Å². The first kappa shape index (κ1) is 15.0. The molecule has 3 rings (SSSR count). The molecule has 1 saturated heterocycles. The van der Waals surface area contributed by atoms with E-state index in [0.29, 0.717) is 29.9 Å². The van der Waals surface area contributed by atoms with Crippen LogP contribution in [-0.2, 0) is 16.6 Å². The lowest BCUT2D eigenvalue weighted by Crippen LogP contribution is -2.33. The summed E-state index contributed by atoms with van der Waals surface area (Å²) in [6.07, 6.45) is 6.56. The van der Waals surface area contributed by atoms with Crippen molar-refractivity contribution in [2.75, 3.05) is 13.1 Å². The van der Waals surface area contributed by atoms with Crippen LogP contribution in [0.25, 0.3) is 0 Å². The zero-order chi connectivity index (χ0) is 15.0. The molecule has 21 heavy (non-hydrogen) atoms. The van der Waals surface area contributed by atoms with E-state index in [-0.39, 0.29) is 6.04 Å². The molecule has 1 saturated carbocycles. The average Bonchev–Trinajstić information content (AvgIpc) is 2.98.